The van der Waals surface area contributed by atoms with Crippen LogP contribution in [0.25, 0.3) is 16.6 Å². The van der Waals surface area contributed by atoms with E-state index in [0.29, 0.717) is 29.3 Å². The van der Waals surface area contributed by atoms with Gasteiger partial charge in [0, 0.05) is 36.9 Å². The minimum Gasteiger partial charge on any atom is -0.375 e. The number of hydrogen-bond donors (Lipinski definition) is 3. The molecule has 3 heterocycles. The molecule has 5 rings (SSSR count). The van der Waals surface area contributed by atoms with Crippen LogP contribution in [0.15, 0.2) is 61.4 Å². The summed E-state index contributed by atoms with van der Waals surface area (Å²) in [5.41, 5.74) is 0.761. The van der Waals surface area contributed by atoms with Crippen LogP contribution in [0.3, 0.4) is 0 Å². The van der Waals surface area contributed by atoms with E-state index in [0.717, 1.165) is 16.8 Å². The van der Waals surface area contributed by atoms with E-state index in [4.69, 9.17) is 11.6 Å². The molecule has 2 aromatic heterocycles. The minimum atomic E-state index is -1.62. The third-order valence-corrected chi connectivity index (χ3v) is 6.55. The number of halogens is 3. The highest BCUT2D eigenvalue weighted by atomic mass is 35.5. The minimum absolute atomic E-state index is 0.00599. The Morgan fingerprint density at radius 1 is 1.26 bits per heavy atom. The monoisotopic (exact) mass is 495 g/mol. The fourth-order valence-electron chi connectivity index (χ4n) is 4.27. The van der Waals surface area contributed by atoms with Crippen molar-refractivity contribution in [3.05, 3.63) is 83.4 Å². The maximum Gasteiger partial charge on any atom is 0.228 e. The van der Waals surface area contributed by atoms with E-state index in [9.17, 15) is 4.39 Å². The quantitative estimate of drug-likeness (QED) is 0.338. The van der Waals surface area contributed by atoms with Crippen LogP contribution >= 0.6 is 11.6 Å². The molecular weight excluding hydrogens is 472 g/mol. The van der Waals surface area contributed by atoms with Gasteiger partial charge in [-0.2, -0.15) is 5.10 Å². The van der Waals surface area contributed by atoms with Crippen LogP contribution in [0.2, 0.25) is 5.02 Å². The van der Waals surface area contributed by atoms with Gasteiger partial charge in [-0.25, -0.2) is 18.7 Å². The lowest BCUT2D eigenvalue weighted by molar-refractivity contribution is 0.137. The number of aromatic nitrogens is 4. The predicted octanol–water partition coefficient (Wildman–Crippen LogP) is 4.90. The molecule has 2 aromatic carbocycles. The smallest absolute Gasteiger partial charge is 0.228 e. The molecule has 4 aromatic rings. The summed E-state index contributed by atoms with van der Waals surface area (Å²) >= 11 is 5.86. The van der Waals surface area contributed by atoms with Gasteiger partial charge in [0.15, 0.2) is 0 Å². The second-order valence-corrected chi connectivity index (χ2v) is 9.03. The summed E-state index contributed by atoms with van der Waals surface area (Å²) in [5.74, 6) is 0.584. The van der Waals surface area contributed by atoms with E-state index >= 15 is 4.39 Å². The second-order valence-electron chi connectivity index (χ2n) is 8.62. The number of nitrogens with zero attached hydrogens (tertiary/aromatic N) is 4. The number of rotatable bonds is 7. The molecule has 2 atom stereocenters. The number of benzene rings is 2. The Hall–Kier alpha value is -3.56. The molecule has 1 saturated heterocycles. The van der Waals surface area contributed by atoms with Crippen molar-refractivity contribution in [3.8, 4) is 0 Å². The van der Waals surface area contributed by atoms with Crippen molar-refractivity contribution < 1.29 is 8.78 Å². The van der Waals surface area contributed by atoms with Gasteiger partial charge < -0.3 is 16.0 Å². The molecular formula is C25H24ClF2N7. The lowest BCUT2D eigenvalue weighted by Gasteiger charge is -2.32. The Kier molecular flexibility index (Phi) is 6.12. The molecule has 0 bridgehead atoms. The third kappa shape index (κ3) is 4.69. The summed E-state index contributed by atoms with van der Waals surface area (Å²) in [6.45, 7) is 4.83. The summed E-state index contributed by atoms with van der Waals surface area (Å²) in [6, 6.07) is 11.0. The van der Waals surface area contributed by atoms with Crippen molar-refractivity contribution in [2.45, 2.75) is 18.1 Å². The summed E-state index contributed by atoms with van der Waals surface area (Å²) in [6.07, 6.45) is 3.69. The third-order valence-electron chi connectivity index (χ3n) is 6.24. The van der Waals surface area contributed by atoms with Crippen LogP contribution in [-0.4, -0.2) is 38.5 Å². The molecule has 3 N–H and O–H groups in total. The van der Waals surface area contributed by atoms with E-state index in [1.54, 1.807) is 23.1 Å². The number of alkyl halides is 1. The lowest BCUT2D eigenvalue weighted by Crippen LogP contribution is -2.41. The van der Waals surface area contributed by atoms with Gasteiger partial charge in [-0.3, -0.25) is 4.68 Å². The van der Waals surface area contributed by atoms with Crippen LogP contribution in [0, 0.1) is 5.82 Å². The first-order chi connectivity index (χ1) is 16.8. The van der Waals surface area contributed by atoms with Crippen molar-refractivity contribution in [1.82, 2.24) is 30.4 Å². The molecule has 0 amide bonds. The lowest BCUT2D eigenvalue weighted by atomic mass is 9.88. The number of hydrogen-bond acceptors (Lipinski definition) is 6. The van der Waals surface area contributed by atoms with Crippen molar-refractivity contribution in [1.29, 1.82) is 0 Å². The van der Waals surface area contributed by atoms with Gasteiger partial charge in [-0.1, -0.05) is 36.4 Å². The summed E-state index contributed by atoms with van der Waals surface area (Å²) in [7, 11) is 1.82. The average Bonchev–Trinajstić information content (AvgIpc) is 3.47. The number of aryl methyl sites for hydroxylation is 1. The molecule has 1 aliphatic rings. The SMILES string of the molecule is C=C(N[C@@H](c1ccc(Cl)c(F)c1)[C@]1(F)CCNC1)c1ccc2cnc(Nc3ccnn3C)nc2c1. The maximum atomic E-state index is 15.9. The molecule has 0 spiro atoms. The highest BCUT2D eigenvalue weighted by Crippen LogP contribution is 2.37. The normalized spacial score (nSPS) is 18.5. The van der Waals surface area contributed by atoms with E-state index in [-0.39, 0.29) is 18.0 Å². The standard InChI is InChI=1S/C25H24ClF2N7/c1-15(32-23(25(28)8-10-29-14-25)17-5-6-19(26)20(27)11-17)16-3-4-18-13-30-24(33-21(18)12-16)34-22-7-9-31-35(22)2/h3-7,9,11-13,23,29,32H,1,8,10,14H2,2H3,(H,30,33,34)/t23-,25-/m0/s1. The van der Waals surface area contributed by atoms with Gasteiger partial charge in [0.05, 0.1) is 22.8 Å². The fourth-order valence-corrected chi connectivity index (χ4v) is 4.39. The number of anilines is 2. The number of nitrogens with one attached hydrogen (secondary N) is 3. The average molecular weight is 496 g/mol. The fraction of sp³-hybridized carbons (Fsp3) is 0.240. The summed E-state index contributed by atoms with van der Waals surface area (Å²) in [4.78, 5) is 8.96. The molecule has 0 aliphatic carbocycles. The molecule has 10 heteroatoms. The van der Waals surface area contributed by atoms with Gasteiger partial charge in [-0.15, -0.1) is 0 Å². The van der Waals surface area contributed by atoms with Crippen LogP contribution in [0.4, 0.5) is 20.5 Å². The number of fused-ring (bicyclic) bond motifs is 1. The van der Waals surface area contributed by atoms with E-state index in [1.165, 1.54) is 12.1 Å². The Balaban J connectivity index is 1.44. The van der Waals surface area contributed by atoms with E-state index in [2.05, 4.69) is 37.6 Å². The first-order valence-electron chi connectivity index (χ1n) is 11.1. The summed E-state index contributed by atoms with van der Waals surface area (Å²) < 4.78 is 31.9. The van der Waals surface area contributed by atoms with E-state index in [1.807, 2.05) is 31.3 Å². The van der Waals surface area contributed by atoms with Gasteiger partial charge in [0.2, 0.25) is 5.95 Å². The zero-order valence-corrected chi connectivity index (χ0v) is 19.8. The molecule has 0 saturated carbocycles. The van der Waals surface area contributed by atoms with Gasteiger partial charge >= 0.3 is 0 Å². The topological polar surface area (TPSA) is 79.7 Å². The molecule has 180 valence electrons. The van der Waals surface area contributed by atoms with Crippen LogP contribution in [-0.2, 0) is 7.05 Å². The first-order valence-corrected chi connectivity index (χ1v) is 11.5. The van der Waals surface area contributed by atoms with Crippen LogP contribution in [0.5, 0.6) is 0 Å². The largest absolute Gasteiger partial charge is 0.375 e. The highest BCUT2D eigenvalue weighted by molar-refractivity contribution is 6.30. The van der Waals surface area contributed by atoms with Gasteiger partial charge in [0.1, 0.15) is 17.3 Å². The predicted molar refractivity (Wildman–Crippen MR) is 134 cm³/mol. The zero-order chi connectivity index (χ0) is 24.6. The Labute approximate surface area is 206 Å². The maximum absolute atomic E-state index is 15.9. The van der Waals surface area contributed by atoms with Crippen molar-refractivity contribution in [3.63, 3.8) is 0 Å². The molecule has 0 radical (unpaired) electrons. The first kappa shape index (κ1) is 23.2. The molecule has 1 fully saturated rings. The molecule has 35 heavy (non-hydrogen) atoms. The zero-order valence-electron chi connectivity index (χ0n) is 19.0. The van der Waals surface area contributed by atoms with Gasteiger partial charge in [0.25, 0.3) is 0 Å². The molecule has 7 nitrogen and oxygen atoms in total. The molecule has 1 aliphatic heterocycles. The summed E-state index contributed by atoms with van der Waals surface area (Å²) in [5, 5.41) is 14.4. The van der Waals surface area contributed by atoms with Gasteiger partial charge in [-0.05, 0) is 42.3 Å². The van der Waals surface area contributed by atoms with Crippen molar-refractivity contribution in [2.75, 3.05) is 18.4 Å². The van der Waals surface area contributed by atoms with Crippen molar-refractivity contribution >= 4 is 40.0 Å². The Bertz CT molecular complexity index is 1400. The second kappa shape index (κ2) is 9.24. The van der Waals surface area contributed by atoms with Crippen LogP contribution < -0.4 is 16.0 Å². The molecule has 0 unspecified atom stereocenters. The highest BCUT2D eigenvalue weighted by Gasteiger charge is 2.43. The Morgan fingerprint density at radius 2 is 2.11 bits per heavy atom. The Morgan fingerprint density at radius 3 is 2.83 bits per heavy atom. The van der Waals surface area contributed by atoms with Crippen molar-refractivity contribution in [2.24, 2.45) is 7.05 Å². The van der Waals surface area contributed by atoms with Crippen LogP contribution in [0.1, 0.15) is 23.6 Å². The van der Waals surface area contributed by atoms with E-state index < -0.39 is 17.5 Å².